The van der Waals surface area contributed by atoms with E-state index < -0.39 is 0 Å². The number of aromatic hydroxyl groups is 1. The third-order valence-electron chi connectivity index (χ3n) is 4.98. The van der Waals surface area contributed by atoms with Crippen molar-refractivity contribution < 1.29 is 5.11 Å². The van der Waals surface area contributed by atoms with E-state index in [9.17, 15) is 5.11 Å². The molecule has 2 aromatic rings. The zero-order chi connectivity index (χ0) is 14.4. The number of hydrogen-bond donors (Lipinski definition) is 1. The summed E-state index contributed by atoms with van der Waals surface area (Å²) in [5.41, 5.74) is 6.61. The Hall–Kier alpha value is -1.80. The molecular weight excluding hydrogens is 258 g/mol. The predicted molar refractivity (Wildman–Crippen MR) is 85.2 cm³/mol. The molecule has 0 bridgehead atoms. The molecule has 0 atom stereocenters. The molecule has 1 fully saturated rings. The van der Waals surface area contributed by atoms with Crippen LogP contribution in [0.4, 0.5) is 0 Å². The van der Waals surface area contributed by atoms with Gasteiger partial charge in [0.1, 0.15) is 5.75 Å². The minimum Gasteiger partial charge on any atom is -0.508 e. The molecule has 1 heterocycles. The Morgan fingerprint density at radius 2 is 1.62 bits per heavy atom. The molecule has 1 saturated carbocycles. The number of rotatable bonds is 1. The Morgan fingerprint density at radius 3 is 2.29 bits per heavy atom. The monoisotopic (exact) mass is 279 g/mol. The summed E-state index contributed by atoms with van der Waals surface area (Å²) in [5.74, 6) is 0.373. The quantitative estimate of drug-likeness (QED) is 0.844. The van der Waals surface area contributed by atoms with Crippen molar-refractivity contribution in [3.63, 3.8) is 0 Å². The fourth-order valence-electron chi connectivity index (χ4n) is 3.59. The molecule has 1 N–H and O–H groups in total. The van der Waals surface area contributed by atoms with E-state index in [2.05, 4.69) is 36.1 Å². The summed E-state index contributed by atoms with van der Waals surface area (Å²) in [6, 6.07) is 13.3. The van der Waals surface area contributed by atoms with Gasteiger partial charge in [-0.15, -0.1) is 0 Å². The zero-order valence-electron chi connectivity index (χ0n) is 12.5. The maximum Gasteiger partial charge on any atom is 0.115 e. The highest BCUT2D eigenvalue weighted by atomic mass is 16.3. The first-order valence-corrected chi connectivity index (χ1v) is 7.86. The van der Waals surface area contributed by atoms with Gasteiger partial charge in [-0.25, -0.2) is 0 Å². The minimum absolute atomic E-state index is 0.373. The highest BCUT2D eigenvalue weighted by Gasteiger charge is 2.28. The zero-order valence-corrected chi connectivity index (χ0v) is 12.5. The lowest BCUT2D eigenvalue weighted by Gasteiger charge is -2.37. The largest absolute Gasteiger partial charge is 0.508 e. The third-order valence-corrected chi connectivity index (χ3v) is 4.98. The molecule has 1 aliphatic heterocycles. The van der Waals surface area contributed by atoms with Gasteiger partial charge in [0.15, 0.2) is 0 Å². The molecule has 0 radical (unpaired) electrons. The number of aryl methyl sites for hydroxylation is 1. The summed E-state index contributed by atoms with van der Waals surface area (Å²) in [5, 5.41) is 9.85. The molecule has 2 heteroatoms. The molecule has 0 spiro atoms. The van der Waals surface area contributed by atoms with Crippen molar-refractivity contribution in [1.29, 1.82) is 0 Å². The maximum atomic E-state index is 9.85. The lowest BCUT2D eigenvalue weighted by Crippen LogP contribution is -2.38. The van der Waals surface area contributed by atoms with Crippen molar-refractivity contribution in [3.05, 3.63) is 53.1 Å². The smallest absolute Gasteiger partial charge is 0.115 e. The van der Waals surface area contributed by atoms with Crippen LogP contribution in [0.2, 0.25) is 0 Å². The van der Waals surface area contributed by atoms with Gasteiger partial charge < -0.3 is 5.11 Å². The Morgan fingerprint density at radius 1 is 0.952 bits per heavy atom. The topological polar surface area (TPSA) is 23.5 Å². The average molecular weight is 279 g/mol. The van der Waals surface area contributed by atoms with E-state index in [1.54, 1.807) is 0 Å². The maximum absolute atomic E-state index is 9.85. The van der Waals surface area contributed by atoms with E-state index in [-0.39, 0.29) is 0 Å². The average Bonchev–Trinajstić information content (AvgIpc) is 2.52. The van der Waals surface area contributed by atoms with Gasteiger partial charge >= 0.3 is 0 Å². The van der Waals surface area contributed by atoms with Crippen LogP contribution in [-0.4, -0.2) is 16.0 Å². The fourth-order valence-corrected chi connectivity index (χ4v) is 3.59. The van der Waals surface area contributed by atoms with Gasteiger partial charge in [-0.05, 0) is 54.2 Å². The summed E-state index contributed by atoms with van der Waals surface area (Å²) >= 11 is 0. The second-order valence-electron chi connectivity index (χ2n) is 6.49. The number of nitrogens with zero attached hydrogens (tertiary/aromatic N) is 1. The number of hydrogen-bond acceptors (Lipinski definition) is 2. The summed E-state index contributed by atoms with van der Waals surface area (Å²) in [6.45, 7) is 4.13. The first-order chi connectivity index (χ1) is 10.2. The molecule has 4 rings (SSSR count). The van der Waals surface area contributed by atoms with Crippen LogP contribution < -0.4 is 0 Å². The summed E-state index contributed by atoms with van der Waals surface area (Å²) in [4.78, 5) is 2.59. The van der Waals surface area contributed by atoms with E-state index in [1.807, 2.05) is 12.1 Å². The van der Waals surface area contributed by atoms with Gasteiger partial charge in [-0.3, -0.25) is 4.90 Å². The molecule has 0 unspecified atom stereocenters. The van der Waals surface area contributed by atoms with Gasteiger partial charge in [0.2, 0.25) is 0 Å². The first kappa shape index (κ1) is 12.9. The second kappa shape index (κ2) is 4.88. The van der Waals surface area contributed by atoms with Gasteiger partial charge in [-0.1, -0.05) is 36.2 Å². The molecule has 21 heavy (non-hydrogen) atoms. The van der Waals surface area contributed by atoms with E-state index in [0.29, 0.717) is 11.8 Å². The van der Waals surface area contributed by atoms with Crippen molar-refractivity contribution in [2.75, 3.05) is 0 Å². The molecule has 2 aromatic carbocycles. The number of fused-ring (bicyclic) bond motifs is 3. The highest BCUT2D eigenvalue weighted by molar-refractivity contribution is 5.72. The lowest BCUT2D eigenvalue weighted by atomic mass is 9.91. The minimum atomic E-state index is 0.373. The van der Waals surface area contributed by atoms with Crippen molar-refractivity contribution in [3.8, 4) is 16.9 Å². The van der Waals surface area contributed by atoms with Crippen LogP contribution in [0.25, 0.3) is 11.1 Å². The van der Waals surface area contributed by atoms with Crippen LogP contribution in [0.5, 0.6) is 5.75 Å². The van der Waals surface area contributed by atoms with E-state index in [4.69, 9.17) is 0 Å². The van der Waals surface area contributed by atoms with Crippen molar-refractivity contribution in [2.45, 2.75) is 45.3 Å². The summed E-state index contributed by atoms with van der Waals surface area (Å²) in [6.07, 6.45) is 3.99. The highest BCUT2D eigenvalue weighted by Crippen LogP contribution is 2.38. The van der Waals surface area contributed by atoms with Gasteiger partial charge in [0, 0.05) is 19.1 Å². The normalized spacial score (nSPS) is 18.5. The molecule has 108 valence electrons. The fraction of sp³-hybridized carbons (Fsp3) is 0.368. The van der Waals surface area contributed by atoms with Crippen molar-refractivity contribution in [1.82, 2.24) is 4.90 Å². The lowest BCUT2D eigenvalue weighted by molar-refractivity contribution is 0.113. The SMILES string of the molecule is Cc1ccc2c(c1)CN(C1CCC1)Cc1cc(O)ccc1-2. The molecule has 0 saturated heterocycles. The summed E-state index contributed by atoms with van der Waals surface area (Å²) < 4.78 is 0. The van der Waals surface area contributed by atoms with Gasteiger partial charge in [-0.2, -0.15) is 0 Å². The van der Waals surface area contributed by atoms with Crippen LogP contribution in [0.15, 0.2) is 36.4 Å². The van der Waals surface area contributed by atoms with E-state index >= 15 is 0 Å². The second-order valence-corrected chi connectivity index (χ2v) is 6.49. The molecular formula is C19H21NO. The molecule has 0 amide bonds. The number of phenolic OH excluding ortho intramolecular Hbond substituents is 1. The Bertz CT molecular complexity index is 634. The van der Waals surface area contributed by atoms with Gasteiger partial charge in [0.05, 0.1) is 0 Å². The third kappa shape index (κ3) is 2.24. The van der Waals surface area contributed by atoms with E-state index in [0.717, 1.165) is 13.1 Å². The van der Waals surface area contributed by atoms with E-state index in [1.165, 1.54) is 47.1 Å². The van der Waals surface area contributed by atoms with Crippen LogP contribution in [0, 0.1) is 6.92 Å². The Labute approximate surface area is 126 Å². The Kier molecular flexibility index (Phi) is 3.00. The molecule has 0 aromatic heterocycles. The first-order valence-electron chi connectivity index (χ1n) is 7.86. The van der Waals surface area contributed by atoms with Crippen molar-refractivity contribution >= 4 is 0 Å². The van der Waals surface area contributed by atoms with Gasteiger partial charge in [0.25, 0.3) is 0 Å². The molecule has 1 aliphatic carbocycles. The van der Waals surface area contributed by atoms with Crippen molar-refractivity contribution in [2.24, 2.45) is 0 Å². The van der Waals surface area contributed by atoms with Crippen LogP contribution >= 0.6 is 0 Å². The number of phenols is 1. The molecule has 2 aliphatic rings. The van der Waals surface area contributed by atoms with Crippen LogP contribution in [0.1, 0.15) is 36.0 Å². The number of benzene rings is 2. The standard InChI is InChI=1S/C19H21NO/c1-13-5-7-18-14(9-13)11-20(16-3-2-4-16)12-15-10-17(21)6-8-19(15)18/h5-10,16,21H,2-4,11-12H2,1H3. The summed E-state index contributed by atoms with van der Waals surface area (Å²) in [7, 11) is 0. The predicted octanol–water partition coefficient (Wildman–Crippen LogP) is 4.24. The molecule has 2 nitrogen and oxygen atoms in total. The Balaban J connectivity index is 1.86. The van der Waals surface area contributed by atoms with Crippen LogP contribution in [0.3, 0.4) is 0 Å². The van der Waals surface area contributed by atoms with Crippen LogP contribution in [-0.2, 0) is 13.1 Å².